The molecule has 4 rings (SSSR count). The maximum atomic E-state index is 12.9. The van der Waals surface area contributed by atoms with Crippen LogP contribution < -0.4 is 5.32 Å². The Morgan fingerprint density at radius 2 is 1.93 bits per heavy atom. The summed E-state index contributed by atoms with van der Waals surface area (Å²) < 4.78 is 6.58. The van der Waals surface area contributed by atoms with Gasteiger partial charge in [-0.25, -0.2) is 4.79 Å². The Hall–Kier alpha value is -3.42. The number of cyclic esters (lactones) is 1. The van der Waals surface area contributed by atoms with E-state index in [4.69, 9.17) is 16.3 Å². The van der Waals surface area contributed by atoms with E-state index in [1.165, 1.54) is 0 Å². The standard InChI is InChI=1S/C22H17ClN2O5/c23-15-6-4-13(5-7-15)9-25-10-17(20-14(11-26)2-1-3-18(20)25)21(28)22(29)24-16-8-19(27)30-12-16/h1-8,10,26H,9,11-12H2,(H,24,29). The number of ether oxygens (including phenoxy) is 1. The van der Waals surface area contributed by atoms with Crippen LogP contribution in [0.3, 0.4) is 0 Å². The molecule has 1 aliphatic rings. The maximum Gasteiger partial charge on any atom is 0.333 e. The molecular weight excluding hydrogens is 408 g/mol. The molecule has 0 aliphatic carbocycles. The molecule has 0 fully saturated rings. The number of Topliss-reactive ketones (excluding diaryl/α,β-unsaturated/α-hetero) is 1. The number of ketones is 1. The van der Waals surface area contributed by atoms with Crippen molar-refractivity contribution in [2.24, 2.45) is 0 Å². The molecule has 0 atom stereocenters. The van der Waals surface area contributed by atoms with Crippen LogP contribution in [0.1, 0.15) is 21.5 Å². The minimum atomic E-state index is -0.877. The zero-order chi connectivity index (χ0) is 21.3. The summed E-state index contributed by atoms with van der Waals surface area (Å²) in [6, 6.07) is 12.6. The molecule has 8 heteroatoms. The van der Waals surface area contributed by atoms with Crippen molar-refractivity contribution in [2.75, 3.05) is 6.61 Å². The van der Waals surface area contributed by atoms with Gasteiger partial charge >= 0.3 is 5.97 Å². The molecule has 7 nitrogen and oxygen atoms in total. The van der Waals surface area contributed by atoms with Gasteiger partial charge in [0.2, 0.25) is 0 Å². The number of rotatable bonds is 6. The summed E-state index contributed by atoms with van der Waals surface area (Å²) in [7, 11) is 0. The Balaban J connectivity index is 1.72. The molecule has 152 valence electrons. The summed E-state index contributed by atoms with van der Waals surface area (Å²) >= 11 is 5.95. The molecule has 2 N–H and O–H groups in total. The van der Waals surface area contributed by atoms with Crippen molar-refractivity contribution in [2.45, 2.75) is 13.2 Å². The van der Waals surface area contributed by atoms with Gasteiger partial charge in [-0.2, -0.15) is 0 Å². The highest BCUT2D eigenvalue weighted by Crippen LogP contribution is 2.27. The molecule has 30 heavy (non-hydrogen) atoms. The average Bonchev–Trinajstić information content (AvgIpc) is 3.32. The number of carbonyl (C=O) groups excluding carboxylic acids is 3. The Kier molecular flexibility index (Phi) is 5.39. The maximum absolute atomic E-state index is 12.9. The number of hydrogen-bond donors (Lipinski definition) is 2. The van der Waals surface area contributed by atoms with Crippen LogP contribution >= 0.6 is 11.6 Å². The smallest absolute Gasteiger partial charge is 0.333 e. The zero-order valence-corrected chi connectivity index (χ0v) is 16.5. The average molecular weight is 425 g/mol. The van der Waals surface area contributed by atoms with Crippen molar-refractivity contribution in [3.05, 3.63) is 82.1 Å². The van der Waals surface area contributed by atoms with Crippen LogP contribution in [-0.2, 0) is 27.5 Å². The Labute approximate surface area is 176 Å². The Morgan fingerprint density at radius 3 is 2.60 bits per heavy atom. The first-order valence-electron chi connectivity index (χ1n) is 9.15. The molecule has 0 saturated carbocycles. The molecule has 2 aromatic carbocycles. The summed E-state index contributed by atoms with van der Waals surface area (Å²) in [4.78, 5) is 36.6. The van der Waals surface area contributed by atoms with E-state index in [1.54, 1.807) is 30.5 Å². The third kappa shape index (κ3) is 3.85. The first kappa shape index (κ1) is 19.9. The normalized spacial score (nSPS) is 13.3. The van der Waals surface area contributed by atoms with Gasteiger partial charge in [-0.3, -0.25) is 9.59 Å². The lowest BCUT2D eigenvalue weighted by Gasteiger charge is -2.07. The fourth-order valence-corrected chi connectivity index (χ4v) is 3.55. The van der Waals surface area contributed by atoms with Gasteiger partial charge in [-0.1, -0.05) is 35.9 Å². The van der Waals surface area contributed by atoms with Crippen LogP contribution in [0.4, 0.5) is 0 Å². The molecule has 0 bridgehead atoms. The van der Waals surface area contributed by atoms with Crippen molar-refractivity contribution in [3.63, 3.8) is 0 Å². The van der Waals surface area contributed by atoms with Crippen LogP contribution in [0.5, 0.6) is 0 Å². The Morgan fingerprint density at radius 1 is 1.17 bits per heavy atom. The van der Waals surface area contributed by atoms with E-state index >= 15 is 0 Å². The molecule has 0 radical (unpaired) electrons. The van der Waals surface area contributed by atoms with Crippen LogP contribution in [0, 0.1) is 0 Å². The summed E-state index contributed by atoms with van der Waals surface area (Å²) in [6.45, 7) is 0.0840. The second-order valence-electron chi connectivity index (χ2n) is 6.83. The van der Waals surface area contributed by atoms with Crippen molar-refractivity contribution >= 4 is 40.2 Å². The van der Waals surface area contributed by atoms with E-state index in [0.717, 1.165) is 11.6 Å². The van der Waals surface area contributed by atoms with Gasteiger partial charge < -0.3 is 19.7 Å². The molecule has 0 saturated heterocycles. The van der Waals surface area contributed by atoms with Crippen molar-refractivity contribution in [1.29, 1.82) is 0 Å². The van der Waals surface area contributed by atoms with E-state index in [1.807, 2.05) is 22.8 Å². The number of carbonyl (C=O) groups is 3. The van der Waals surface area contributed by atoms with Crippen LogP contribution in [0.15, 0.2) is 60.4 Å². The molecule has 1 aromatic heterocycles. The van der Waals surface area contributed by atoms with Gasteiger partial charge in [0.15, 0.2) is 0 Å². The van der Waals surface area contributed by atoms with Gasteiger partial charge in [0.25, 0.3) is 11.7 Å². The van der Waals surface area contributed by atoms with E-state index < -0.39 is 17.7 Å². The number of benzene rings is 2. The molecule has 0 unspecified atom stereocenters. The third-order valence-corrected chi connectivity index (χ3v) is 5.07. The number of nitrogens with one attached hydrogen (secondary N) is 1. The van der Waals surface area contributed by atoms with Gasteiger partial charge in [0.1, 0.15) is 6.61 Å². The van der Waals surface area contributed by atoms with E-state index in [0.29, 0.717) is 28.0 Å². The lowest BCUT2D eigenvalue weighted by Crippen LogP contribution is -2.31. The number of fused-ring (bicyclic) bond motifs is 1. The largest absolute Gasteiger partial charge is 0.456 e. The summed E-state index contributed by atoms with van der Waals surface area (Å²) in [5.41, 5.74) is 2.61. The van der Waals surface area contributed by atoms with E-state index in [2.05, 4.69) is 5.32 Å². The number of esters is 1. The lowest BCUT2D eigenvalue weighted by atomic mass is 10.0. The Bertz CT molecular complexity index is 1190. The topological polar surface area (TPSA) is 97.6 Å². The number of aliphatic hydroxyl groups excluding tert-OH is 1. The highest BCUT2D eigenvalue weighted by atomic mass is 35.5. The lowest BCUT2D eigenvalue weighted by molar-refractivity contribution is -0.135. The third-order valence-electron chi connectivity index (χ3n) is 4.82. The predicted octanol–water partition coefficient (Wildman–Crippen LogP) is 2.57. The summed E-state index contributed by atoms with van der Waals surface area (Å²) in [6.07, 6.45) is 2.74. The van der Waals surface area contributed by atoms with Gasteiger partial charge in [0, 0.05) is 34.7 Å². The number of aliphatic hydroxyl groups is 1. The van der Waals surface area contributed by atoms with E-state index in [9.17, 15) is 19.5 Å². The van der Waals surface area contributed by atoms with E-state index in [-0.39, 0.29) is 24.5 Å². The highest BCUT2D eigenvalue weighted by molar-refractivity contribution is 6.45. The number of aromatic nitrogens is 1. The highest BCUT2D eigenvalue weighted by Gasteiger charge is 2.25. The predicted molar refractivity (Wildman–Crippen MR) is 110 cm³/mol. The molecule has 3 aromatic rings. The molecular formula is C22H17ClN2O5. The van der Waals surface area contributed by atoms with Crippen molar-refractivity contribution < 1.29 is 24.2 Å². The molecule has 1 amide bonds. The number of halogens is 1. The summed E-state index contributed by atoms with van der Waals surface area (Å²) in [5.74, 6) is -2.21. The fraction of sp³-hybridized carbons (Fsp3) is 0.136. The fourth-order valence-electron chi connectivity index (χ4n) is 3.42. The van der Waals surface area contributed by atoms with Gasteiger partial charge in [-0.05, 0) is 29.3 Å². The minimum absolute atomic E-state index is 0.0852. The van der Waals surface area contributed by atoms with Crippen LogP contribution in [0.25, 0.3) is 10.9 Å². The number of nitrogens with zero attached hydrogens (tertiary/aromatic N) is 1. The second-order valence-corrected chi connectivity index (χ2v) is 7.26. The van der Waals surface area contributed by atoms with Gasteiger partial charge in [-0.15, -0.1) is 0 Å². The van der Waals surface area contributed by atoms with Gasteiger partial charge in [0.05, 0.1) is 17.9 Å². The van der Waals surface area contributed by atoms with Crippen LogP contribution in [0.2, 0.25) is 5.02 Å². The minimum Gasteiger partial charge on any atom is -0.456 e. The summed E-state index contributed by atoms with van der Waals surface area (Å²) in [5, 5.41) is 13.3. The second kappa shape index (κ2) is 8.14. The molecule has 1 aliphatic heterocycles. The monoisotopic (exact) mass is 424 g/mol. The molecule has 2 heterocycles. The van der Waals surface area contributed by atoms with Crippen molar-refractivity contribution in [1.82, 2.24) is 9.88 Å². The first-order chi connectivity index (χ1) is 14.5. The number of hydrogen-bond acceptors (Lipinski definition) is 5. The van der Waals surface area contributed by atoms with Crippen LogP contribution in [-0.4, -0.2) is 33.9 Å². The zero-order valence-electron chi connectivity index (χ0n) is 15.7. The quantitative estimate of drug-likeness (QED) is 0.360. The SMILES string of the molecule is O=C1C=C(NC(=O)C(=O)c2cn(Cc3ccc(Cl)cc3)c3cccc(CO)c23)CO1. The molecule has 0 spiro atoms. The first-order valence-corrected chi connectivity index (χ1v) is 9.53. The number of amides is 1. The van der Waals surface area contributed by atoms with Crippen molar-refractivity contribution in [3.8, 4) is 0 Å².